The van der Waals surface area contributed by atoms with Crippen molar-refractivity contribution in [1.29, 1.82) is 0 Å². The monoisotopic (exact) mass is 947 g/mol. The van der Waals surface area contributed by atoms with Gasteiger partial charge < -0.3 is 13.3 Å². The van der Waals surface area contributed by atoms with Crippen molar-refractivity contribution in [3.63, 3.8) is 0 Å². The molecule has 6 amide bonds. The second kappa shape index (κ2) is 19.3. The number of carbonyl (C=O) groups excluding carboxylic acids is 6. The largest absolute Gasteiger partial charge is 0.426 e. The molecule has 0 bridgehead atoms. The van der Waals surface area contributed by atoms with Crippen LogP contribution in [0.1, 0.15) is 108 Å². The van der Waals surface area contributed by atoms with Gasteiger partial charge in [-0.15, -0.1) is 0 Å². The summed E-state index contributed by atoms with van der Waals surface area (Å²) in [6.45, 7) is 5.50. The normalized spacial score (nSPS) is 13.4. The first kappa shape index (κ1) is 44.1. The molecule has 15 nitrogen and oxygen atoms in total. The third-order valence-electron chi connectivity index (χ3n) is 9.52. The Morgan fingerprint density at radius 1 is 0.468 bits per heavy atom. The highest BCUT2D eigenvalue weighted by Crippen LogP contribution is 2.23. The standard InChI is InChI=1S/2C18H13NO4.C10H8INO4/c2*1-2-12-13(9-8-11-6-4-3-5-7-11)18(22)23-14-10-15(20)19-17(21)16(12)14;1-2-4-7-5(16-10(15)8(4)11)3-6(13)12-9(7)14/h2*3-7H,2,10H2,1H3,(H,19,20,21);2-3H2,1H3,(H,12,13,14). The van der Waals surface area contributed by atoms with Crippen LogP contribution in [-0.2, 0) is 52.9 Å². The van der Waals surface area contributed by atoms with Crippen LogP contribution in [-0.4, -0.2) is 35.4 Å². The molecule has 5 aromatic rings. The lowest BCUT2D eigenvalue weighted by Gasteiger charge is -2.17. The van der Waals surface area contributed by atoms with Crippen molar-refractivity contribution in [2.24, 2.45) is 0 Å². The Bertz CT molecular complexity index is 2860. The fraction of sp³-hybridized carbons (Fsp3) is 0.196. The Kier molecular flexibility index (Phi) is 13.7. The van der Waals surface area contributed by atoms with Gasteiger partial charge in [0.1, 0.15) is 32.0 Å². The molecule has 16 heteroatoms. The molecule has 3 aromatic heterocycles. The highest BCUT2D eigenvalue weighted by Gasteiger charge is 2.32. The molecular formula is C46H34IN3O12. The summed E-state index contributed by atoms with van der Waals surface area (Å²) in [5.41, 5.74) is 2.65. The van der Waals surface area contributed by atoms with Crippen molar-refractivity contribution >= 4 is 58.0 Å². The summed E-state index contributed by atoms with van der Waals surface area (Å²) in [5, 5.41) is 6.70. The second-order valence-electron chi connectivity index (χ2n) is 13.5. The molecule has 0 radical (unpaired) electrons. The Balaban J connectivity index is 0.000000158. The number of hydrogen-bond acceptors (Lipinski definition) is 12. The van der Waals surface area contributed by atoms with Crippen LogP contribution in [0.2, 0.25) is 0 Å². The van der Waals surface area contributed by atoms with Gasteiger partial charge in [0.05, 0.1) is 36.0 Å². The molecule has 0 saturated carbocycles. The summed E-state index contributed by atoms with van der Waals surface area (Å²) in [4.78, 5) is 106. The van der Waals surface area contributed by atoms with E-state index in [4.69, 9.17) is 13.3 Å². The Morgan fingerprint density at radius 3 is 1.13 bits per heavy atom. The molecule has 8 rings (SSSR count). The van der Waals surface area contributed by atoms with Gasteiger partial charge in [0, 0.05) is 11.1 Å². The van der Waals surface area contributed by atoms with Gasteiger partial charge in [-0.3, -0.25) is 44.7 Å². The van der Waals surface area contributed by atoms with Crippen LogP contribution >= 0.6 is 22.6 Å². The average Bonchev–Trinajstić information content (AvgIpc) is 3.23. The Morgan fingerprint density at radius 2 is 0.790 bits per heavy atom. The summed E-state index contributed by atoms with van der Waals surface area (Å²) in [7, 11) is 0. The van der Waals surface area contributed by atoms with E-state index in [1.54, 1.807) is 0 Å². The maximum atomic E-state index is 12.2. The van der Waals surface area contributed by atoms with Gasteiger partial charge in [-0.1, -0.05) is 80.9 Å². The van der Waals surface area contributed by atoms with Crippen LogP contribution in [0.3, 0.4) is 0 Å². The van der Waals surface area contributed by atoms with Gasteiger partial charge in [-0.05, 0) is 82.8 Å². The molecule has 3 aliphatic heterocycles. The first-order valence-corrected chi connectivity index (χ1v) is 20.2. The summed E-state index contributed by atoms with van der Waals surface area (Å²) in [6.07, 6.45) is 1.14. The SMILES string of the molecule is CCc1c2c(oc(=O)c1C#Cc1ccccc1)CC(=O)NC2=O.CCc1c2c(oc(=O)c1C#Cc1ccccc1)CC(=O)NC2=O.CCc1c2c(oc(=O)c1I)CC(=O)NC2=O. The van der Waals surface area contributed by atoms with Crippen LogP contribution in [0, 0.1) is 27.3 Å². The van der Waals surface area contributed by atoms with Crippen molar-refractivity contribution < 1.29 is 42.0 Å². The van der Waals surface area contributed by atoms with Gasteiger partial charge >= 0.3 is 16.9 Å². The van der Waals surface area contributed by atoms with E-state index in [2.05, 4.69) is 39.6 Å². The third-order valence-corrected chi connectivity index (χ3v) is 10.6. The van der Waals surface area contributed by atoms with Crippen molar-refractivity contribution in [2.75, 3.05) is 0 Å². The smallest absolute Gasteiger partial charge is 0.352 e. The molecule has 312 valence electrons. The average molecular weight is 948 g/mol. The fourth-order valence-corrected chi connectivity index (χ4v) is 7.54. The van der Waals surface area contributed by atoms with Gasteiger partial charge in [0.15, 0.2) is 0 Å². The first-order chi connectivity index (χ1) is 29.7. The number of benzene rings is 2. The van der Waals surface area contributed by atoms with Crippen LogP contribution in [0.4, 0.5) is 0 Å². The second-order valence-corrected chi connectivity index (χ2v) is 14.6. The summed E-state index contributed by atoms with van der Waals surface area (Å²) >= 11 is 1.86. The van der Waals surface area contributed by atoms with Crippen LogP contribution < -0.4 is 32.8 Å². The van der Waals surface area contributed by atoms with E-state index < -0.39 is 52.3 Å². The molecule has 3 N–H and O–H groups in total. The van der Waals surface area contributed by atoms with Crippen molar-refractivity contribution in [3.05, 3.63) is 168 Å². The van der Waals surface area contributed by atoms with E-state index in [1.165, 1.54) is 0 Å². The van der Waals surface area contributed by atoms with E-state index in [-0.39, 0.29) is 58.8 Å². The van der Waals surface area contributed by atoms with E-state index in [1.807, 2.05) is 104 Å². The Hall–Kier alpha value is -7.44. The van der Waals surface area contributed by atoms with E-state index in [0.29, 0.717) is 45.1 Å². The molecule has 0 atom stereocenters. The third kappa shape index (κ3) is 9.61. The number of imide groups is 3. The molecule has 0 aliphatic carbocycles. The minimum Gasteiger partial charge on any atom is -0.426 e. The van der Waals surface area contributed by atoms with E-state index in [9.17, 15) is 43.2 Å². The fourth-order valence-electron chi connectivity index (χ4n) is 6.78. The molecule has 62 heavy (non-hydrogen) atoms. The minimum atomic E-state index is -0.619. The van der Waals surface area contributed by atoms with Crippen molar-refractivity contribution in [3.8, 4) is 23.7 Å². The predicted molar refractivity (Wildman–Crippen MR) is 229 cm³/mol. The molecule has 2 aromatic carbocycles. The molecular weight excluding hydrogens is 913 g/mol. The van der Waals surface area contributed by atoms with Crippen molar-refractivity contribution in [1.82, 2.24) is 16.0 Å². The molecule has 3 aliphatic rings. The maximum Gasteiger partial charge on any atom is 0.352 e. The number of rotatable bonds is 3. The summed E-state index contributed by atoms with van der Waals surface area (Å²) < 4.78 is 15.7. The van der Waals surface area contributed by atoms with Gasteiger partial charge in [-0.25, -0.2) is 14.4 Å². The predicted octanol–water partition coefficient (Wildman–Crippen LogP) is 3.45. The van der Waals surface area contributed by atoms with Gasteiger partial charge in [-0.2, -0.15) is 0 Å². The van der Waals surface area contributed by atoms with Crippen LogP contribution in [0.25, 0.3) is 0 Å². The van der Waals surface area contributed by atoms with Gasteiger partial charge in [0.2, 0.25) is 17.7 Å². The van der Waals surface area contributed by atoms with E-state index in [0.717, 1.165) is 11.1 Å². The van der Waals surface area contributed by atoms with Crippen LogP contribution in [0.15, 0.2) is 88.3 Å². The van der Waals surface area contributed by atoms with E-state index >= 15 is 0 Å². The Labute approximate surface area is 365 Å². The zero-order valence-electron chi connectivity index (χ0n) is 33.3. The highest BCUT2D eigenvalue weighted by atomic mass is 127. The van der Waals surface area contributed by atoms with Crippen LogP contribution in [0.5, 0.6) is 0 Å². The zero-order chi connectivity index (χ0) is 44.7. The molecule has 0 fully saturated rings. The quantitative estimate of drug-likeness (QED) is 0.134. The molecule has 0 saturated heterocycles. The number of nitrogens with one attached hydrogen (secondary N) is 3. The minimum absolute atomic E-state index is 0.0553. The highest BCUT2D eigenvalue weighted by molar-refractivity contribution is 14.1. The molecule has 0 spiro atoms. The lowest BCUT2D eigenvalue weighted by molar-refractivity contribution is -0.121. The number of carbonyl (C=O) groups is 6. The lowest BCUT2D eigenvalue weighted by atomic mass is 9.96. The maximum absolute atomic E-state index is 12.2. The molecule has 6 heterocycles. The van der Waals surface area contributed by atoms with Gasteiger partial charge in [0.25, 0.3) is 17.7 Å². The van der Waals surface area contributed by atoms with Crippen molar-refractivity contribution in [2.45, 2.75) is 59.3 Å². The zero-order valence-corrected chi connectivity index (χ0v) is 35.5. The number of fused-ring (bicyclic) bond motifs is 3. The topological polar surface area (TPSA) is 229 Å². The molecule has 0 unspecified atom stereocenters. The summed E-state index contributed by atoms with van der Waals surface area (Å²) in [6, 6.07) is 18.4. The number of halogens is 1. The summed E-state index contributed by atoms with van der Waals surface area (Å²) in [5.74, 6) is 8.87. The number of amides is 6. The first-order valence-electron chi connectivity index (χ1n) is 19.1. The number of hydrogen-bond donors (Lipinski definition) is 3. The lowest BCUT2D eigenvalue weighted by Crippen LogP contribution is -2.39.